The second-order valence-corrected chi connectivity index (χ2v) is 11.6. The van der Waals surface area contributed by atoms with Gasteiger partial charge in [0.05, 0.1) is 18.1 Å². The van der Waals surface area contributed by atoms with Crippen LogP contribution in [-0.2, 0) is 39.7 Å². The highest BCUT2D eigenvalue weighted by Crippen LogP contribution is 2.34. The maximum absolute atomic E-state index is 13.4. The van der Waals surface area contributed by atoms with Crippen molar-refractivity contribution in [2.75, 3.05) is 5.32 Å². The topological polar surface area (TPSA) is 271 Å². The van der Waals surface area contributed by atoms with Crippen molar-refractivity contribution in [1.29, 1.82) is 0 Å². The first-order valence-electron chi connectivity index (χ1n) is 15.4. The minimum Gasteiger partial charge on any atom is -0.481 e. The van der Waals surface area contributed by atoms with Crippen molar-refractivity contribution in [3.8, 4) is 0 Å². The van der Waals surface area contributed by atoms with E-state index in [1.165, 1.54) is 0 Å². The Morgan fingerprint density at radius 1 is 0.824 bits per heavy atom. The molecule has 5 amide bonds. The monoisotopic (exact) mass is 729 g/mol. The molecule has 8 N–H and O–H groups in total. The predicted octanol–water partition coefficient (Wildman–Crippen LogP) is 0.476. The number of fused-ring (bicyclic) bond motifs is 1. The number of aliphatic hydroxyl groups is 1. The van der Waals surface area contributed by atoms with E-state index in [-0.39, 0.29) is 11.8 Å². The number of carbonyl (C=O) groups is 7. The Morgan fingerprint density at radius 3 is 1.96 bits per heavy atom. The van der Waals surface area contributed by atoms with E-state index >= 15 is 0 Å². The summed E-state index contributed by atoms with van der Waals surface area (Å²) in [6.07, 6.45) is -8.39. The third kappa shape index (κ3) is 12.4. The molecule has 0 saturated carbocycles. The molecule has 2 rings (SSSR count). The number of carboxylic acid groups (broad SMARTS) is 2. The van der Waals surface area contributed by atoms with E-state index in [0.717, 1.165) is 32.0 Å². The molecule has 280 valence electrons. The quantitative estimate of drug-likeness (QED) is 0.103. The van der Waals surface area contributed by atoms with E-state index in [2.05, 4.69) is 26.6 Å². The fourth-order valence-corrected chi connectivity index (χ4v) is 4.73. The van der Waals surface area contributed by atoms with Gasteiger partial charge in [0.2, 0.25) is 29.5 Å². The molecule has 2 aromatic rings. The van der Waals surface area contributed by atoms with Crippen LogP contribution in [-0.4, -0.2) is 87.1 Å². The standard InChI is InChI=1S/C31H38F3N5O12/c1-5-13(2)25(35-15(4)41)29(49)37-19(8-9-22(42)43)27(47)39-26(14(3)40)30(50)38-20(12-23(44)45)28(48)36-16-6-7-17-18(31(32,33)34)11-24(46)51-21(17)10-16/h6-7,10-11,13-14,19-20,25-26,40H,5,8-9,12H2,1-4H3,(H,35,41)(H,36,48)(H,37,49)(H,38,50)(H,39,47)(H,42,43)(H,44,45)/t13-,14+,19-,20-,25-,26-/m0/s1. The number of benzene rings is 1. The normalized spacial score (nSPS) is 14.9. The molecule has 0 fully saturated rings. The van der Waals surface area contributed by atoms with Crippen LogP contribution in [0.3, 0.4) is 0 Å². The summed E-state index contributed by atoms with van der Waals surface area (Å²) in [5.41, 5.74) is -3.47. The molecule has 1 heterocycles. The average Bonchev–Trinajstić information content (AvgIpc) is 3.01. The minimum absolute atomic E-state index is 0.244. The molecular formula is C31H38F3N5O12. The first kappa shape index (κ1) is 41.6. The number of halogens is 3. The Morgan fingerprint density at radius 2 is 1.43 bits per heavy atom. The van der Waals surface area contributed by atoms with E-state index in [9.17, 15) is 66.8 Å². The van der Waals surface area contributed by atoms with Crippen molar-refractivity contribution in [2.24, 2.45) is 5.92 Å². The highest BCUT2D eigenvalue weighted by molar-refractivity contribution is 6.01. The summed E-state index contributed by atoms with van der Waals surface area (Å²) in [6.45, 7) is 5.59. The largest absolute Gasteiger partial charge is 0.481 e. The molecule has 0 radical (unpaired) electrons. The lowest BCUT2D eigenvalue weighted by atomic mass is 9.97. The number of carbonyl (C=O) groups excluding carboxylic acids is 5. The van der Waals surface area contributed by atoms with E-state index in [1.807, 2.05) is 0 Å². The summed E-state index contributed by atoms with van der Waals surface area (Å²) >= 11 is 0. The Kier molecular flexibility index (Phi) is 14.6. The number of hydrogen-bond acceptors (Lipinski definition) is 10. The molecule has 0 aliphatic heterocycles. The first-order valence-corrected chi connectivity index (χ1v) is 15.4. The van der Waals surface area contributed by atoms with Gasteiger partial charge in [0.25, 0.3) is 0 Å². The maximum Gasteiger partial charge on any atom is 0.417 e. The Balaban J connectivity index is 2.32. The van der Waals surface area contributed by atoms with Gasteiger partial charge >= 0.3 is 23.7 Å². The highest BCUT2D eigenvalue weighted by atomic mass is 19.4. The number of nitrogens with one attached hydrogen (secondary N) is 5. The predicted molar refractivity (Wildman–Crippen MR) is 170 cm³/mol. The molecule has 0 saturated heterocycles. The number of anilines is 1. The van der Waals surface area contributed by atoms with Crippen LogP contribution in [0.1, 0.15) is 58.9 Å². The Labute approximate surface area is 287 Å². The van der Waals surface area contributed by atoms with Gasteiger partial charge in [-0.25, -0.2) is 4.79 Å². The summed E-state index contributed by atoms with van der Waals surface area (Å²) in [7, 11) is 0. The van der Waals surface area contributed by atoms with E-state index in [0.29, 0.717) is 6.42 Å². The molecule has 1 aromatic carbocycles. The van der Waals surface area contributed by atoms with Crippen LogP contribution in [0.15, 0.2) is 33.5 Å². The van der Waals surface area contributed by atoms with Crippen LogP contribution < -0.4 is 32.2 Å². The Hall–Kier alpha value is -5.53. The van der Waals surface area contributed by atoms with Gasteiger partial charge in [-0.05, 0) is 31.4 Å². The fourth-order valence-electron chi connectivity index (χ4n) is 4.73. The zero-order chi connectivity index (χ0) is 38.8. The van der Waals surface area contributed by atoms with Gasteiger partial charge in [-0.3, -0.25) is 33.6 Å². The molecule has 0 aliphatic rings. The summed E-state index contributed by atoms with van der Waals surface area (Å²) in [5.74, 6) is -8.42. The summed E-state index contributed by atoms with van der Waals surface area (Å²) in [6, 6.07) is -3.54. The van der Waals surface area contributed by atoms with Gasteiger partial charge in [-0.15, -0.1) is 0 Å². The lowest BCUT2D eigenvalue weighted by molar-refractivity contribution is -0.141. The molecule has 6 atom stereocenters. The van der Waals surface area contributed by atoms with Crippen LogP contribution >= 0.6 is 0 Å². The number of rotatable bonds is 17. The lowest BCUT2D eigenvalue weighted by Gasteiger charge is -2.28. The number of amides is 5. The average molecular weight is 730 g/mol. The minimum atomic E-state index is -4.92. The van der Waals surface area contributed by atoms with Gasteiger partial charge < -0.3 is 46.3 Å². The number of alkyl halides is 3. The molecule has 20 heteroatoms. The van der Waals surface area contributed by atoms with Crippen LogP contribution in [0, 0.1) is 5.92 Å². The van der Waals surface area contributed by atoms with Crippen LogP contribution in [0.25, 0.3) is 11.0 Å². The van der Waals surface area contributed by atoms with Crippen LogP contribution in [0.2, 0.25) is 0 Å². The summed E-state index contributed by atoms with van der Waals surface area (Å²) in [4.78, 5) is 98.9. The van der Waals surface area contributed by atoms with Gasteiger partial charge in [0, 0.05) is 36.6 Å². The number of hydrogen-bond donors (Lipinski definition) is 8. The van der Waals surface area contributed by atoms with Gasteiger partial charge in [-0.2, -0.15) is 13.2 Å². The third-order valence-corrected chi connectivity index (χ3v) is 7.53. The van der Waals surface area contributed by atoms with Gasteiger partial charge in [-0.1, -0.05) is 20.3 Å². The van der Waals surface area contributed by atoms with Gasteiger partial charge in [0.1, 0.15) is 29.8 Å². The van der Waals surface area contributed by atoms with Crippen LogP contribution in [0.4, 0.5) is 18.9 Å². The SMILES string of the molecule is CC[C@H](C)[C@H](NC(C)=O)C(=O)N[C@@H](CCC(=O)O)C(=O)N[C@H](C(=O)N[C@@H](CC(=O)O)C(=O)Nc1ccc2c(C(F)(F)F)cc(=O)oc2c1)[C@@H](C)O. The van der Waals surface area contributed by atoms with E-state index in [4.69, 9.17) is 4.42 Å². The number of carboxylic acids is 2. The van der Waals surface area contributed by atoms with Crippen molar-refractivity contribution in [2.45, 2.75) is 89.8 Å². The van der Waals surface area contributed by atoms with Crippen LogP contribution in [0.5, 0.6) is 0 Å². The highest BCUT2D eigenvalue weighted by Gasteiger charge is 2.36. The molecule has 0 aliphatic carbocycles. The summed E-state index contributed by atoms with van der Waals surface area (Å²) in [5, 5.41) is 39.6. The van der Waals surface area contributed by atoms with Gasteiger partial charge in [0.15, 0.2) is 0 Å². The van der Waals surface area contributed by atoms with Crippen molar-refractivity contribution >= 4 is 58.1 Å². The first-order chi connectivity index (χ1) is 23.6. The third-order valence-electron chi connectivity index (χ3n) is 7.53. The molecule has 17 nitrogen and oxygen atoms in total. The lowest BCUT2D eigenvalue weighted by Crippen LogP contribution is -2.61. The van der Waals surface area contributed by atoms with Crippen molar-refractivity contribution < 1.29 is 66.5 Å². The summed E-state index contributed by atoms with van der Waals surface area (Å²) < 4.78 is 45.0. The molecule has 0 bridgehead atoms. The second-order valence-electron chi connectivity index (χ2n) is 11.6. The van der Waals surface area contributed by atoms with Crippen molar-refractivity contribution in [3.63, 3.8) is 0 Å². The van der Waals surface area contributed by atoms with E-state index < -0.39 is 125 Å². The zero-order valence-corrected chi connectivity index (χ0v) is 27.8. The van der Waals surface area contributed by atoms with Crippen molar-refractivity contribution in [1.82, 2.24) is 21.3 Å². The fraction of sp³-hybridized carbons (Fsp3) is 0.484. The van der Waals surface area contributed by atoms with E-state index in [1.54, 1.807) is 13.8 Å². The molecule has 51 heavy (non-hydrogen) atoms. The Bertz CT molecular complexity index is 1710. The molecular weight excluding hydrogens is 691 g/mol. The number of aliphatic hydroxyl groups excluding tert-OH is 1. The number of aliphatic carboxylic acids is 2. The molecule has 1 aromatic heterocycles. The maximum atomic E-state index is 13.4. The smallest absolute Gasteiger partial charge is 0.417 e. The molecule has 0 spiro atoms. The van der Waals surface area contributed by atoms with Crippen molar-refractivity contribution in [3.05, 3.63) is 40.2 Å². The zero-order valence-electron chi connectivity index (χ0n) is 27.8. The second kappa shape index (κ2) is 17.9. The molecule has 0 unspecified atom stereocenters.